The van der Waals surface area contributed by atoms with Crippen LogP contribution in [0.5, 0.6) is 5.75 Å². The van der Waals surface area contributed by atoms with Gasteiger partial charge < -0.3 is 20.7 Å². The summed E-state index contributed by atoms with van der Waals surface area (Å²) < 4.78 is 5.09. The van der Waals surface area contributed by atoms with E-state index < -0.39 is 0 Å². The predicted octanol–water partition coefficient (Wildman–Crippen LogP) is 0.253. The van der Waals surface area contributed by atoms with Gasteiger partial charge in [0.15, 0.2) is 0 Å². The Balaban J connectivity index is 1.95. The van der Waals surface area contributed by atoms with Crippen molar-refractivity contribution in [1.29, 1.82) is 0 Å². The normalized spacial score (nSPS) is 20.2. The maximum atomic E-state index is 12.2. The first-order valence-electron chi connectivity index (χ1n) is 7.11. The van der Waals surface area contributed by atoms with E-state index in [0.717, 1.165) is 19.6 Å². The fourth-order valence-electron chi connectivity index (χ4n) is 2.50. The number of piperazine rings is 1. The number of nitrogen functional groups attached to an aromatic ring is 1. The van der Waals surface area contributed by atoms with Gasteiger partial charge >= 0.3 is 0 Å². The molecule has 1 amide bonds. The van der Waals surface area contributed by atoms with Gasteiger partial charge in [0.2, 0.25) is 0 Å². The fraction of sp³-hybridized carbons (Fsp3) is 0.533. The number of carbonyl (C=O) groups excluding carboxylic acids is 1. The first-order valence-corrected chi connectivity index (χ1v) is 7.11. The number of methoxy groups -OCH3 is 1. The molecular weight excluding hydrogens is 268 g/mol. The van der Waals surface area contributed by atoms with Crippen LogP contribution in [-0.4, -0.2) is 69.1 Å². The van der Waals surface area contributed by atoms with Crippen LogP contribution in [0.25, 0.3) is 0 Å². The Labute approximate surface area is 125 Å². The van der Waals surface area contributed by atoms with Crippen molar-refractivity contribution < 1.29 is 9.53 Å². The van der Waals surface area contributed by atoms with Crippen LogP contribution in [0, 0.1) is 0 Å². The maximum Gasteiger partial charge on any atom is 0.253 e. The average molecular weight is 292 g/mol. The van der Waals surface area contributed by atoms with Crippen molar-refractivity contribution >= 4 is 11.6 Å². The van der Waals surface area contributed by atoms with Gasteiger partial charge in [-0.2, -0.15) is 0 Å². The zero-order chi connectivity index (χ0) is 15.4. The highest BCUT2D eigenvalue weighted by Crippen LogP contribution is 2.19. The van der Waals surface area contributed by atoms with Crippen molar-refractivity contribution in [3.8, 4) is 5.75 Å². The Kier molecular flexibility index (Phi) is 5.03. The molecule has 1 saturated heterocycles. The van der Waals surface area contributed by atoms with E-state index in [1.165, 1.54) is 0 Å². The molecule has 2 rings (SSSR count). The molecule has 1 unspecified atom stereocenters. The molecule has 1 fully saturated rings. The van der Waals surface area contributed by atoms with E-state index in [9.17, 15) is 4.79 Å². The number of anilines is 1. The Bertz CT molecular complexity index is 506. The second kappa shape index (κ2) is 6.78. The summed E-state index contributed by atoms with van der Waals surface area (Å²) >= 11 is 0. The number of benzene rings is 1. The smallest absolute Gasteiger partial charge is 0.253 e. The molecule has 116 valence electrons. The molecule has 0 aromatic heterocycles. The molecule has 1 aliphatic heterocycles. The third-order valence-electron chi connectivity index (χ3n) is 3.98. The number of ether oxygens (including phenoxy) is 1. The third-order valence-corrected chi connectivity index (χ3v) is 3.98. The van der Waals surface area contributed by atoms with E-state index in [-0.39, 0.29) is 5.91 Å². The van der Waals surface area contributed by atoms with Gasteiger partial charge in [0.05, 0.1) is 12.7 Å². The molecular formula is C15H24N4O2. The highest BCUT2D eigenvalue weighted by atomic mass is 16.5. The first-order chi connectivity index (χ1) is 10.0. The van der Waals surface area contributed by atoms with Gasteiger partial charge in [-0.1, -0.05) is 0 Å². The number of rotatable bonds is 4. The van der Waals surface area contributed by atoms with Gasteiger partial charge in [-0.15, -0.1) is 0 Å². The summed E-state index contributed by atoms with van der Waals surface area (Å²) in [6.45, 7) is 3.65. The number of hydrogen-bond donors (Lipinski definition) is 2. The fourth-order valence-corrected chi connectivity index (χ4v) is 2.50. The van der Waals surface area contributed by atoms with Crippen LogP contribution in [-0.2, 0) is 0 Å². The molecule has 1 heterocycles. The lowest BCUT2D eigenvalue weighted by Gasteiger charge is -2.37. The highest BCUT2D eigenvalue weighted by molar-refractivity contribution is 5.99. The Hall–Kier alpha value is -1.79. The maximum absolute atomic E-state index is 12.2. The Morgan fingerprint density at radius 2 is 2.19 bits per heavy atom. The van der Waals surface area contributed by atoms with Crippen molar-refractivity contribution in [2.75, 3.05) is 53.1 Å². The summed E-state index contributed by atoms with van der Waals surface area (Å²) in [5, 5.41) is 2.97. The largest absolute Gasteiger partial charge is 0.497 e. The number of likely N-dealkylation sites (N-methyl/N-ethyl adjacent to an activating group) is 2. The zero-order valence-corrected chi connectivity index (χ0v) is 12.9. The summed E-state index contributed by atoms with van der Waals surface area (Å²) in [6.07, 6.45) is 0. The van der Waals surface area contributed by atoms with E-state index in [0.29, 0.717) is 29.6 Å². The summed E-state index contributed by atoms with van der Waals surface area (Å²) in [5.41, 5.74) is 6.82. The number of nitrogens with zero attached hydrogens (tertiary/aromatic N) is 2. The quantitative estimate of drug-likeness (QED) is 0.779. The second-order valence-corrected chi connectivity index (χ2v) is 5.56. The van der Waals surface area contributed by atoms with Gasteiger partial charge in [-0.05, 0) is 26.2 Å². The number of carbonyl (C=O) groups is 1. The van der Waals surface area contributed by atoms with E-state index in [2.05, 4.69) is 29.2 Å². The molecule has 0 saturated carbocycles. The van der Waals surface area contributed by atoms with Crippen LogP contribution in [0.3, 0.4) is 0 Å². The van der Waals surface area contributed by atoms with Crippen molar-refractivity contribution in [2.24, 2.45) is 0 Å². The van der Waals surface area contributed by atoms with E-state index in [1.54, 1.807) is 25.3 Å². The lowest BCUT2D eigenvalue weighted by atomic mass is 10.1. The molecule has 1 aromatic rings. The minimum absolute atomic E-state index is 0.142. The van der Waals surface area contributed by atoms with Gasteiger partial charge in [0.25, 0.3) is 5.91 Å². The Morgan fingerprint density at radius 1 is 1.43 bits per heavy atom. The van der Waals surface area contributed by atoms with Gasteiger partial charge in [-0.25, -0.2) is 0 Å². The van der Waals surface area contributed by atoms with Crippen LogP contribution < -0.4 is 15.8 Å². The summed E-state index contributed by atoms with van der Waals surface area (Å²) in [7, 11) is 5.76. The van der Waals surface area contributed by atoms with Crippen LogP contribution in [0.4, 0.5) is 5.69 Å². The van der Waals surface area contributed by atoms with E-state index in [1.807, 2.05) is 0 Å². The van der Waals surface area contributed by atoms with Crippen LogP contribution >= 0.6 is 0 Å². The molecule has 0 radical (unpaired) electrons. The van der Waals surface area contributed by atoms with Crippen molar-refractivity contribution in [3.05, 3.63) is 23.8 Å². The van der Waals surface area contributed by atoms with Crippen LogP contribution in [0.2, 0.25) is 0 Å². The molecule has 0 spiro atoms. The number of nitrogens with two attached hydrogens (primary N) is 1. The third kappa shape index (κ3) is 3.86. The van der Waals surface area contributed by atoms with Crippen molar-refractivity contribution in [3.63, 3.8) is 0 Å². The summed E-state index contributed by atoms with van der Waals surface area (Å²) in [5.74, 6) is 0.509. The van der Waals surface area contributed by atoms with Crippen LogP contribution in [0.1, 0.15) is 10.4 Å². The zero-order valence-electron chi connectivity index (χ0n) is 12.9. The first kappa shape index (κ1) is 15.6. The molecule has 6 nitrogen and oxygen atoms in total. The van der Waals surface area contributed by atoms with E-state index >= 15 is 0 Å². The SMILES string of the molecule is COc1ccc(C(=O)NCC2CN(C)CCN2C)c(N)c1. The van der Waals surface area contributed by atoms with Crippen LogP contribution in [0.15, 0.2) is 18.2 Å². The molecule has 0 bridgehead atoms. The molecule has 1 aromatic carbocycles. The molecule has 6 heteroatoms. The highest BCUT2D eigenvalue weighted by Gasteiger charge is 2.22. The lowest BCUT2D eigenvalue weighted by Crippen LogP contribution is -2.54. The second-order valence-electron chi connectivity index (χ2n) is 5.56. The number of nitrogens with one attached hydrogen (secondary N) is 1. The summed E-state index contributed by atoms with van der Waals surface area (Å²) in [4.78, 5) is 16.8. The summed E-state index contributed by atoms with van der Waals surface area (Å²) in [6, 6.07) is 5.42. The number of amides is 1. The van der Waals surface area contributed by atoms with Crippen molar-refractivity contribution in [2.45, 2.75) is 6.04 Å². The minimum atomic E-state index is -0.142. The number of hydrogen-bond acceptors (Lipinski definition) is 5. The standard InChI is InChI=1S/C15H24N4O2/c1-18-6-7-19(2)11(10-18)9-17-15(20)13-5-4-12(21-3)8-14(13)16/h4-5,8,11H,6-7,9-10,16H2,1-3H3,(H,17,20). The molecule has 0 aliphatic carbocycles. The average Bonchev–Trinajstić information content (AvgIpc) is 2.47. The molecule has 1 atom stereocenters. The Morgan fingerprint density at radius 3 is 2.86 bits per heavy atom. The van der Waals surface area contributed by atoms with Crippen molar-refractivity contribution in [1.82, 2.24) is 15.1 Å². The van der Waals surface area contributed by atoms with Gasteiger partial charge in [0.1, 0.15) is 5.75 Å². The van der Waals surface area contributed by atoms with E-state index in [4.69, 9.17) is 10.5 Å². The topological polar surface area (TPSA) is 70.8 Å². The van der Waals surface area contributed by atoms with Gasteiger partial charge in [0, 0.05) is 44.0 Å². The van der Waals surface area contributed by atoms with Gasteiger partial charge in [-0.3, -0.25) is 9.69 Å². The lowest BCUT2D eigenvalue weighted by molar-refractivity contribution is 0.0882. The molecule has 1 aliphatic rings. The predicted molar refractivity (Wildman–Crippen MR) is 83.7 cm³/mol. The minimum Gasteiger partial charge on any atom is -0.497 e. The molecule has 3 N–H and O–H groups in total. The molecule has 21 heavy (non-hydrogen) atoms. The monoisotopic (exact) mass is 292 g/mol.